The van der Waals surface area contributed by atoms with Crippen LogP contribution >= 0.6 is 0 Å². The molecular formula is C20H26N4O. The first kappa shape index (κ1) is 17.5. The molecule has 5 heteroatoms. The zero-order valence-electron chi connectivity index (χ0n) is 15.3. The highest BCUT2D eigenvalue weighted by molar-refractivity contribution is 5.83. The first-order chi connectivity index (χ1) is 12.0. The maximum atomic E-state index is 13.2. The van der Waals surface area contributed by atoms with E-state index in [1.807, 2.05) is 44.4 Å². The molecule has 3 rings (SSSR count). The summed E-state index contributed by atoms with van der Waals surface area (Å²) in [6.07, 6.45) is 5.85. The predicted octanol–water partition coefficient (Wildman–Crippen LogP) is 2.89. The van der Waals surface area contributed by atoms with E-state index in [2.05, 4.69) is 21.8 Å². The molecule has 1 fully saturated rings. The average Bonchev–Trinajstić information content (AvgIpc) is 3.09. The SMILES string of the molecule is Cc1cc(C)nc(CN(C)C(=O)[C@@H](c2cccnc2)N2CCCC2)c1. The molecule has 1 aliphatic rings. The second-order valence-electron chi connectivity index (χ2n) is 6.90. The summed E-state index contributed by atoms with van der Waals surface area (Å²) in [4.78, 5) is 26.1. The highest BCUT2D eigenvalue weighted by Gasteiger charge is 2.32. The van der Waals surface area contributed by atoms with E-state index in [4.69, 9.17) is 0 Å². The van der Waals surface area contributed by atoms with Gasteiger partial charge in [0, 0.05) is 25.1 Å². The summed E-state index contributed by atoms with van der Waals surface area (Å²) in [6, 6.07) is 7.74. The van der Waals surface area contributed by atoms with Crippen molar-refractivity contribution in [2.75, 3.05) is 20.1 Å². The van der Waals surface area contributed by atoms with Crippen LogP contribution in [0.2, 0.25) is 0 Å². The molecule has 0 aromatic carbocycles. The molecule has 0 radical (unpaired) electrons. The van der Waals surface area contributed by atoms with Crippen molar-refractivity contribution in [3.05, 3.63) is 59.2 Å². The molecule has 0 spiro atoms. The van der Waals surface area contributed by atoms with Crippen molar-refractivity contribution in [1.29, 1.82) is 0 Å². The normalized spacial score (nSPS) is 16.0. The quantitative estimate of drug-likeness (QED) is 0.841. The Kier molecular flexibility index (Phi) is 5.43. The van der Waals surface area contributed by atoms with Crippen LogP contribution in [0.3, 0.4) is 0 Å². The molecule has 0 N–H and O–H groups in total. The van der Waals surface area contributed by atoms with Gasteiger partial charge < -0.3 is 4.90 Å². The third kappa shape index (κ3) is 4.23. The topological polar surface area (TPSA) is 49.3 Å². The third-order valence-electron chi connectivity index (χ3n) is 4.67. The van der Waals surface area contributed by atoms with E-state index in [-0.39, 0.29) is 11.9 Å². The fourth-order valence-corrected chi connectivity index (χ4v) is 3.58. The van der Waals surface area contributed by atoms with Crippen molar-refractivity contribution in [3.8, 4) is 0 Å². The Morgan fingerprint density at radius 3 is 2.68 bits per heavy atom. The number of carbonyl (C=O) groups is 1. The van der Waals surface area contributed by atoms with Gasteiger partial charge in [-0.15, -0.1) is 0 Å². The molecule has 1 amide bonds. The fraction of sp³-hybridized carbons (Fsp3) is 0.450. The minimum Gasteiger partial charge on any atom is -0.338 e. The van der Waals surface area contributed by atoms with Crippen LogP contribution in [-0.2, 0) is 11.3 Å². The standard InChI is InChI=1S/C20H26N4O/c1-15-11-16(2)22-18(12-15)14-23(3)20(25)19(24-9-4-5-10-24)17-7-6-8-21-13-17/h6-8,11-13,19H,4-5,9-10,14H2,1-3H3/t19-/m1/s1. The molecule has 1 atom stereocenters. The number of rotatable bonds is 5. The first-order valence-electron chi connectivity index (χ1n) is 8.88. The van der Waals surface area contributed by atoms with Gasteiger partial charge in [0.05, 0.1) is 12.2 Å². The van der Waals surface area contributed by atoms with Crippen LogP contribution < -0.4 is 0 Å². The highest BCUT2D eigenvalue weighted by Crippen LogP contribution is 2.26. The van der Waals surface area contributed by atoms with Gasteiger partial charge in [-0.05, 0) is 69.1 Å². The monoisotopic (exact) mass is 338 g/mol. The number of carbonyl (C=O) groups excluding carboxylic acids is 1. The number of aromatic nitrogens is 2. The van der Waals surface area contributed by atoms with Gasteiger partial charge in [-0.25, -0.2) is 0 Å². The third-order valence-corrected chi connectivity index (χ3v) is 4.67. The molecule has 0 bridgehead atoms. The predicted molar refractivity (Wildman–Crippen MR) is 98.0 cm³/mol. The number of hydrogen-bond acceptors (Lipinski definition) is 4. The zero-order chi connectivity index (χ0) is 17.8. The first-order valence-corrected chi connectivity index (χ1v) is 8.88. The average molecular weight is 338 g/mol. The number of aryl methyl sites for hydroxylation is 2. The lowest BCUT2D eigenvalue weighted by molar-refractivity contribution is -0.136. The Morgan fingerprint density at radius 2 is 2.04 bits per heavy atom. The Hall–Kier alpha value is -2.27. The summed E-state index contributed by atoms with van der Waals surface area (Å²) in [5, 5.41) is 0. The van der Waals surface area contributed by atoms with Crippen molar-refractivity contribution in [2.24, 2.45) is 0 Å². The molecule has 3 heterocycles. The summed E-state index contributed by atoms with van der Waals surface area (Å²) < 4.78 is 0. The maximum absolute atomic E-state index is 13.2. The van der Waals surface area contributed by atoms with Gasteiger partial charge in [0.25, 0.3) is 0 Å². The van der Waals surface area contributed by atoms with Gasteiger partial charge in [0.2, 0.25) is 5.91 Å². The molecule has 132 valence electrons. The van der Waals surface area contributed by atoms with Crippen LogP contribution in [0.5, 0.6) is 0 Å². The number of likely N-dealkylation sites (tertiary alicyclic amines) is 1. The lowest BCUT2D eigenvalue weighted by Crippen LogP contribution is -2.40. The van der Waals surface area contributed by atoms with Gasteiger partial charge >= 0.3 is 0 Å². The van der Waals surface area contributed by atoms with Crippen LogP contribution in [0.15, 0.2) is 36.7 Å². The van der Waals surface area contributed by atoms with Gasteiger partial charge in [-0.1, -0.05) is 6.07 Å². The van der Waals surface area contributed by atoms with Gasteiger partial charge in [0.15, 0.2) is 0 Å². The van der Waals surface area contributed by atoms with E-state index < -0.39 is 0 Å². The molecular weight excluding hydrogens is 312 g/mol. The molecule has 1 aliphatic heterocycles. The molecule has 1 saturated heterocycles. The zero-order valence-corrected chi connectivity index (χ0v) is 15.3. The Balaban J connectivity index is 1.81. The van der Waals surface area contributed by atoms with Gasteiger partial charge in [-0.3, -0.25) is 19.7 Å². The van der Waals surface area contributed by atoms with Crippen LogP contribution in [0.4, 0.5) is 0 Å². The molecule has 5 nitrogen and oxygen atoms in total. The van der Waals surface area contributed by atoms with Crippen molar-refractivity contribution < 1.29 is 4.79 Å². The van der Waals surface area contributed by atoms with E-state index in [0.717, 1.165) is 42.9 Å². The van der Waals surface area contributed by atoms with E-state index >= 15 is 0 Å². The molecule has 2 aromatic heterocycles. The van der Waals surface area contributed by atoms with Gasteiger partial charge in [0.1, 0.15) is 6.04 Å². The molecule has 0 saturated carbocycles. The molecule has 25 heavy (non-hydrogen) atoms. The minimum atomic E-state index is -0.257. The Bertz CT molecular complexity index is 705. The van der Waals surface area contributed by atoms with Crippen LogP contribution in [0, 0.1) is 13.8 Å². The van der Waals surface area contributed by atoms with Crippen molar-refractivity contribution in [1.82, 2.24) is 19.8 Å². The van der Waals surface area contributed by atoms with Crippen LogP contribution in [0.1, 0.15) is 41.4 Å². The summed E-state index contributed by atoms with van der Waals surface area (Å²) in [5.41, 5.74) is 4.06. The smallest absolute Gasteiger partial charge is 0.244 e. The summed E-state index contributed by atoms with van der Waals surface area (Å²) >= 11 is 0. The number of pyridine rings is 2. The van der Waals surface area contributed by atoms with Crippen molar-refractivity contribution in [3.63, 3.8) is 0 Å². The fourth-order valence-electron chi connectivity index (χ4n) is 3.58. The summed E-state index contributed by atoms with van der Waals surface area (Å²) in [5.74, 6) is 0.107. The highest BCUT2D eigenvalue weighted by atomic mass is 16.2. The minimum absolute atomic E-state index is 0.107. The molecule has 0 unspecified atom stereocenters. The van der Waals surface area contributed by atoms with Gasteiger partial charge in [-0.2, -0.15) is 0 Å². The second kappa shape index (κ2) is 7.74. The molecule has 0 aliphatic carbocycles. The Morgan fingerprint density at radius 1 is 1.28 bits per heavy atom. The summed E-state index contributed by atoms with van der Waals surface area (Å²) in [6.45, 7) is 6.48. The number of hydrogen-bond donors (Lipinski definition) is 0. The van der Waals surface area contributed by atoms with Crippen molar-refractivity contribution >= 4 is 5.91 Å². The lowest BCUT2D eigenvalue weighted by atomic mass is 10.1. The lowest BCUT2D eigenvalue weighted by Gasteiger charge is -2.30. The maximum Gasteiger partial charge on any atom is 0.244 e. The van der Waals surface area contributed by atoms with Crippen LogP contribution in [0.25, 0.3) is 0 Å². The Labute approximate surface area is 149 Å². The number of nitrogens with zero attached hydrogens (tertiary/aromatic N) is 4. The van der Waals surface area contributed by atoms with E-state index in [9.17, 15) is 4.79 Å². The summed E-state index contributed by atoms with van der Waals surface area (Å²) in [7, 11) is 1.86. The van der Waals surface area contributed by atoms with Crippen LogP contribution in [-0.4, -0.2) is 45.8 Å². The number of amides is 1. The largest absolute Gasteiger partial charge is 0.338 e. The second-order valence-corrected chi connectivity index (χ2v) is 6.90. The van der Waals surface area contributed by atoms with E-state index in [1.54, 1.807) is 11.1 Å². The van der Waals surface area contributed by atoms with Crippen molar-refractivity contribution in [2.45, 2.75) is 39.3 Å². The van der Waals surface area contributed by atoms with E-state index in [1.165, 1.54) is 5.56 Å². The molecule has 2 aromatic rings. The number of likely N-dealkylation sites (N-methyl/N-ethyl adjacent to an activating group) is 1. The van der Waals surface area contributed by atoms with E-state index in [0.29, 0.717) is 6.54 Å².